The molecule has 6 heteroatoms. The molecule has 5 nitrogen and oxygen atoms in total. The third-order valence-electron chi connectivity index (χ3n) is 1.87. The summed E-state index contributed by atoms with van der Waals surface area (Å²) in [6.45, 7) is 0.0194. The van der Waals surface area contributed by atoms with E-state index in [1.165, 1.54) is 0 Å². The van der Waals surface area contributed by atoms with Crippen molar-refractivity contribution in [2.24, 2.45) is 0 Å². The second kappa shape index (κ2) is 3.06. The molecule has 0 radical (unpaired) electrons. The molecular formula is C8H6BrNO4. The number of rotatable bonds is 1. The summed E-state index contributed by atoms with van der Waals surface area (Å²) in [5, 5.41) is 8.92. The second-order valence-electron chi connectivity index (χ2n) is 2.69. The fourth-order valence-electron chi connectivity index (χ4n) is 1.24. The van der Waals surface area contributed by atoms with E-state index >= 15 is 0 Å². The summed E-state index contributed by atoms with van der Waals surface area (Å²) in [6, 6.07) is 1.59. The number of nitrogens with two attached hydrogens (primary N) is 1. The summed E-state index contributed by atoms with van der Waals surface area (Å²) in [5.41, 5.74) is 5.67. The Morgan fingerprint density at radius 2 is 2.29 bits per heavy atom. The van der Waals surface area contributed by atoms with Crippen molar-refractivity contribution in [1.29, 1.82) is 0 Å². The Kier molecular flexibility index (Phi) is 1.99. The van der Waals surface area contributed by atoms with Crippen molar-refractivity contribution in [3.63, 3.8) is 0 Å². The lowest BCUT2D eigenvalue weighted by Crippen LogP contribution is -2.05. The molecule has 0 aliphatic carbocycles. The Morgan fingerprint density at radius 3 is 2.93 bits per heavy atom. The van der Waals surface area contributed by atoms with Crippen LogP contribution < -0.4 is 15.2 Å². The highest BCUT2D eigenvalue weighted by Crippen LogP contribution is 2.42. The third-order valence-corrected chi connectivity index (χ3v) is 2.52. The van der Waals surface area contributed by atoms with Crippen molar-refractivity contribution in [2.45, 2.75) is 0 Å². The van der Waals surface area contributed by atoms with Crippen LogP contribution in [0.15, 0.2) is 10.5 Å². The molecule has 0 saturated carbocycles. The number of ether oxygens (including phenoxy) is 2. The summed E-state index contributed by atoms with van der Waals surface area (Å²) >= 11 is 3.14. The van der Waals surface area contributed by atoms with E-state index < -0.39 is 5.97 Å². The van der Waals surface area contributed by atoms with Crippen LogP contribution in [0.5, 0.6) is 11.5 Å². The van der Waals surface area contributed by atoms with Crippen LogP contribution in [0.4, 0.5) is 5.69 Å². The molecule has 1 heterocycles. The Morgan fingerprint density at radius 1 is 1.57 bits per heavy atom. The fourth-order valence-corrected chi connectivity index (χ4v) is 1.64. The van der Waals surface area contributed by atoms with Gasteiger partial charge in [0.05, 0.1) is 5.69 Å². The van der Waals surface area contributed by atoms with E-state index in [1.54, 1.807) is 6.07 Å². The number of nitrogen functional groups attached to an aromatic ring is 1. The molecule has 0 atom stereocenters. The van der Waals surface area contributed by atoms with Crippen molar-refractivity contribution in [3.05, 3.63) is 16.1 Å². The highest BCUT2D eigenvalue weighted by Gasteiger charge is 2.26. The smallest absolute Gasteiger partial charge is 0.341 e. The van der Waals surface area contributed by atoms with Crippen LogP contribution in [0.3, 0.4) is 0 Å². The number of aromatic carboxylic acids is 1. The average molecular weight is 260 g/mol. The molecule has 0 aromatic heterocycles. The molecule has 0 unspecified atom stereocenters. The number of fused-ring (bicyclic) bond motifs is 1. The van der Waals surface area contributed by atoms with E-state index in [9.17, 15) is 4.79 Å². The van der Waals surface area contributed by atoms with Crippen molar-refractivity contribution < 1.29 is 19.4 Å². The van der Waals surface area contributed by atoms with Gasteiger partial charge in [0.1, 0.15) is 5.56 Å². The molecule has 0 bridgehead atoms. The predicted molar refractivity (Wildman–Crippen MR) is 51.6 cm³/mol. The number of halogens is 1. The highest BCUT2D eigenvalue weighted by molar-refractivity contribution is 9.10. The van der Waals surface area contributed by atoms with E-state index in [2.05, 4.69) is 15.9 Å². The molecule has 74 valence electrons. The van der Waals surface area contributed by atoms with E-state index in [0.717, 1.165) is 0 Å². The monoisotopic (exact) mass is 259 g/mol. The average Bonchev–Trinajstić information content (AvgIpc) is 2.52. The summed E-state index contributed by atoms with van der Waals surface area (Å²) < 4.78 is 10.6. The molecule has 14 heavy (non-hydrogen) atoms. The van der Waals surface area contributed by atoms with Gasteiger partial charge >= 0.3 is 5.97 Å². The number of anilines is 1. The van der Waals surface area contributed by atoms with Crippen molar-refractivity contribution in [1.82, 2.24) is 0 Å². The fraction of sp³-hybridized carbons (Fsp3) is 0.125. The molecule has 3 N–H and O–H groups in total. The van der Waals surface area contributed by atoms with Crippen LogP contribution in [0.1, 0.15) is 10.4 Å². The molecule has 2 rings (SSSR count). The first-order valence-corrected chi connectivity index (χ1v) is 4.51. The zero-order valence-corrected chi connectivity index (χ0v) is 8.50. The summed E-state index contributed by atoms with van der Waals surface area (Å²) in [6.07, 6.45) is 0. The lowest BCUT2D eigenvalue weighted by atomic mass is 10.1. The Labute approximate surface area is 87.5 Å². The SMILES string of the molecule is Nc1c(Br)cc2c(c1C(=O)O)OCO2. The maximum absolute atomic E-state index is 10.9. The predicted octanol–water partition coefficient (Wildman–Crippen LogP) is 1.46. The normalized spacial score (nSPS) is 12.9. The van der Waals surface area contributed by atoms with E-state index in [1.807, 2.05) is 0 Å². The largest absolute Gasteiger partial charge is 0.477 e. The van der Waals surface area contributed by atoms with E-state index in [-0.39, 0.29) is 23.8 Å². The maximum atomic E-state index is 10.9. The standard InChI is InChI=1S/C8H6BrNO4/c9-3-1-4-7(14-2-13-4)5(6(3)10)8(11)12/h1H,2,10H2,(H,11,12). The molecule has 1 aromatic carbocycles. The Balaban J connectivity index is 2.72. The van der Waals surface area contributed by atoms with E-state index in [0.29, 0.717) is 10.2 Å². The van der Waals surface area contributed by atoms with Gasteiger partial charge in [0.25, 0.3) is 0 Å². The van der Waals surface area contributed by atoms with Gasteiger partial charge < -0.3 is 20.3 Å². The summed E-state index contributed by atoms with van der Waals surface area (Å²) in [7, 11) is 0. The summed E-state index contributed by atoms with van der Waals surface area (Å²) in [5.74, 6) is -0.549. The van der Waals surface area contributed by atoms with Crippen molar-refractivity contribution in [2.75, 3.05) is 12.5 Å². The van der Waals surface area contributed by atoms with Gasteiger partial charge in [-0.05, 0) is 15.9 Å². The second-order valence-corrected chi connectivity index (χ2v) is 3.54. The van der Waals surface area contributed by atoms with Gasteiger partial charge in [0, 0.05) is 10.5 Å². The van der Waals surface area contributed by atoms with Crippen LogP contribution in [-0.2, 0) is 0 Å². The minimum absolute atomic E-state index is 0.0194. The first-order valence-electron chi connectivity index (χ1n) is 3.72. The van der Waals surface area contributed by atoms with Crippen molar-refractivity contribution >= 4 is 27.6 Å². The Hall–Kier alpha value is -1.43. The number of carbonyl (C=O) groups is 1. The third kappa shape index (κ3) is 1.19. The number of carboxylic acids is 1. The molecule has 1 aliphatic heterocycles. The van der Waals surface area contributed by atoms with Gasteiger partial charge in [0.15, 0.2) is 11.5 Å². The van der Waals surface area contributed by atoms with Gasteiger partial charge in [-0.1, -0.05) is 0 Å². The molecule has 0 spiro atoms. The molecule has 1 aromatic rings. The minimum atomic E-state index is -1.13. The zero-order chi connectivity index (χ0) is 10.3. The molecule has 0 saturated heterocycles. The number of carboxylic acid groups (broad SMARTS) is 1. The van der Waals surface area contributed by atoms with Gasteiger partial charge in [0.2, 0.25) is 6.79 Å². The number of hydrogen-bond donors (Lipinski definition) is 2. The van der Waals surface area contributed by atoms with Crippen LogP contribution in [0.2, 0.25) is 0 Å². The van der Waals surface area contributed by atoms with E-state index in [4.69, 9.17) is 20.3 Å². The molecule has 0 fully saturated rings. The van der Waals surface area contributed by atoms with Gasteiger partial charge in [-0.15, -0.1) is 0 Å². The maximum Gasteiger partial charge on any atom is 0.341 e. The lowest BCUT2D eigenvalue weighted by Gasteiger charge is -2.06. The van der Waals surface area contributed by atoms with Gasteiger partial charge in [-0.2, -0.15) is 0 Å². The summed E-state index contributed by atoms with van der Waals surface area (Å²) in [4.78, 5) is 10.9. The first-order chi connectivity index (χ1) is 6.61. The van der Waals surface area contributed by atoms with Crippen LogP contribution in [0, 0.1) is 0 Å². The molecule has 1 aliphatic rings. The van der Waals surface area contributed by atoms with Crippen LogP contribution in [-0.4, -0.2) is 17.9 Å². The Bertz CT molecular complexity index is 418. The zero-order valence-electron chi connectivity index (χ0n) is 6.91. The van der Waals surface area contributed by atoms with Crippen LogP contribution >= 0.6 is 15.9 Å². The number of hydrogen-bond acceptors (Lipinski definition) is 4. The minimum Gasteiger partial charge on any atom is -0.477 e. The lowest BCUT2D eigenvalue weighted by molar-refractivity contribution is 0.0693. The van der Waals surface area contributed by atoms with Crippen LogP contribution in [0.25, 0.3) is 0 Å². The van der Waals surface area contributed by atoms with Crippen molar-refractivity contribution in [3.8, 4) is 11.5 Å². The molecule has 0 amide bonds. The first kappa shape index (κ1) is 9.14. The number of benzene rings is 1. The van der Waals surface area contributed by atoms with Gasteiger partial charge in [-0.25, -0.2) is 4.79 Å². The topological polar surface area (TPSA) is 81.8 Å². The highest BCUT2D eigenvalue weighted by atomic mass is 79.9. The van der Waals surface area contributed by atoms with Gasteiger partial charge in [-0.3, -0.25) is 0 Å². The quantitative estimate of drug-likeness (QED) is 0.747. The molecular weight excluding hydrogens is 254 g/mol.